The van der Waals surface area contributed by atoms with Gasteiger partial charge in [0.1, 0.15) is 0 Å². The number of rotatable bonds is 7. The summed E-state index contributed by atoms with van der Waals surface area (Å²) in [5, 5.41) is 0. The molecular formula is C11H27NOSi. The van der Waals surface area contributed by atoms with Gasteiger partial charge in [-0.05, 0) is 32.7 Å². The van der Waals surface area contributed by atoms with E-state index in [2.05, 4.69) is 26.6 Å². The highest BCUT2D eigenvalue weighted by Gasteiger charge is 2.25. The van der Waals surface area contributed by atoms with Crippen molar-refractivity contribution in [3.05, 3.63) is 0 Å². The Morgan fingerprint density at radius 2 is 1.79 bits per heavy atom. The Bertz CT molecular complexity index is 156. The van der Waals surface area contributed by atoms with Crippen LogP contribution in [0.4, 0.5) is 0 Å². The molecule has 2 N–H and O–H groups in total. The molecule has 0 saturated carbocycles. The lowest BCUT2D eigenvalue weighted by atomic mass is 9.97. The molecule has 0 aliphatic rings. The minimum absolute atomic E-state index is 0.0552. The second-order valence-electron chi connectivity index (χ2n) is 5.61. The zero-order valence-electron chi connectivity index (χ0n) is 10.5. The molecule has 0 fully saturated rings. The van der Waals surface area contributed by atoms with Gasteiger partial charge in [-0.15, -0.1) is 0 Å². The first-order valence-corrected chi connectivity index (χ1v) is 9.29. The van der Waals surface area contributed by atoms with Gasteiger partial charge in [-0.1, -0.05) is 25.7 Å². The number of hydrogen-bond acceptors (Lipinski definition) is 2. The molecule has 0 saturated heterocycles. The van der Waals surface area contributed by atoms with Crippen molar-refractivity contribution in [1.82, 2.24) is 0 Å². The van der Waals surface area contributed by atoms with E-state index in [0.717, 1.165) is 19.4 Å². The van der Waals surface area contributed by atoms with Gasteiger partial charge >= 0.3 is 0 Å². The van der Waals surface area contributed by atoms with Crippen molar-refractivity contribution in [1.29, 1.82) is 0 Å². The van der Waals surface area contributed by atoms with Crippen LogP contribution in [0.25, 0.3) is 0 Å². The standard InChI is InChI=1S/C11H27NOSi/c1-11(13-2,7-6-9-12)8-10-14(3,4)5/h6-10,12H2,1-5H3. The fourth-order valence-electron chi connectivity index (χ4n) is 1.44. The maximum Gasteiger partial charge on any atom is 0.0648 e. The zero-order chi connectivity index (χ0) is 11.2. The quantitative estimate of drug-likeness (QED) is 0.666. The van der Waals surface area contributed by atoms with Gasteiger partial charge in [0, 0.05) is 15.2 Å². The highest BCUT2D eigenvalue weighted by Crippen LogP contribution is 2.26. The summed E-state index contributed by atoms with van der Waals surface area (Å²) in [7, 11) is 0.886. The van der Waals surface area contributed by atoms with Crippen molar-refractivity contribution in [2.75, 3.05) is 13.7 Å². The van der Waals surface area contributed by atoms with Crippen molar-refractivity contribution in [2.45, 2.75) is 57.5 Å². The van der Waals surface area contributed by atoms with Crippen molar-refractivity contribution in [3.8, 4) is 0 Å². The van der Waals surface area contributed by atoms with Crippen LogP contribution in [0, 0.1) is 0 Å². The van der Waals surface area contributed by atoms with Crippen LogP contribution in [0.15, 0.2) is 0 Å². The normalized spacial score (nSPS) is 16.7. The molecule has 1 atom stereocenters. The van der Waals surface area contributed by atoms with E-state index in [1.54, 1.807) is 0 Å². The summed E-state index contributed by atoms with van der Waals surface area (Å²) in [5.74, 6) is 0. The van der Waals surface area contributed by atoms with Crippen LogP contribution in [-0.4, -0.2) is 27.3 Å². The Balaban J connectivity index is 3.98. The second-order valence-corrected chi connectivity index (χ2v) is 11.2. The summed E-state index contributed by atoms with van der Waals surface area (Å²) in [6.07, 6.45) is 3.33. The van der Waals surface area contributed by atoms with Gasteiger partial charge in [0.05, 0.1) is 5.60 Å². The smallest absolute Gasteiger partial charge is 0.0648 e. The molecule has 0 rings (SSSR count). The molecule has 0 aromatic heterocycles. The number of ether oxygens (including phenoxy) is 1. The van der Waals surface area contributed by atoms with E-state index in [-0.39, 0.29) is 5.60 Å². The first-order valence-electron chi connectivity index (χ1n) is 5.58. The van der Waals surface area contributed by atoms with Gasteiger partial charge < -0.3 is 10.5 Å². The predicted octanol–water partition coefficient (Wildman–Crippen LogP) is 2.86. The van der Waals surface area contributed by atoms with E-state index in [0.29, 0.717) is 0 Å². The monoisotopic (exact) mass is 217 g/mol. The first-order chi connectivity index (χ1) is 6.33. The third-order valence-corrected chi connectivity index (χ3v) is 4.56. The Labute approximate surface area is 90.2 Å². The van der Waals surface area contributed by atoms with Gasteiger partial charge in [0.15, 0.2) is 0 Å². The van der Waals surface area contributed by atoms with E-state index in [1.165, 1.54) is 12.5 Å². The van der Waals surface area contributed by atoms with Crippen LogP contribution in [0.5, 0.6) is 0 Å². The average molecular weight is 217 g/mol. The van der Waals surface area contributed by atoms with E-state index in [1.807, 2.05) is 7.11 Å². The highest BCUT2D eigenvalue weighted by atomic mass is 28.3. The maximum atomic E-state index is 5.60. The molecule has 0 aliphatic carbocycles. The molecule has 0 aliphatic heterocycles. The van der Waals surface area contributed by atoms with E-state index in [9.17, 15) is 0 Å². The van der Waals surface area contributed by atoms with Gasteiger partial charge in [-0.3, -0.25) is 0 Å². The van der Waals surface area contributed by atoms with E-state index in [4.69, 9.17) is 10.5 Å². The Hall–Kier alpha value is 0.137. The lowest BCUT2D eigenvalue weighted by molar-refractivity contribution is -0.00545. The lowest BCUT2D eigenvalue weighted by Crippen LogP contribution is -2.32. The van der Waals surface area contributed by atoms with Crippen LogP contribution in [-0.2, 0) is 4.74 Å². The topological polar surface area (TPSA) is 35.2 Å². The molecule has 0 heterocycles. The highest BCUT2D eigenvalue weighted by molar-refractivity contribution is 6.76. The Kier molecular flexibility index (Phi) is 5.94. The Morgan fingerprint density at radius 3 is 2.14 bits per heavy atom. The van der Waals surface area contributed by atoms with Crippen LogP contribution < -0.4 is 5.73 Å². The molecule has 2 nitrogen and oxygen atoms in total. The summed E-state index contributed by atoms with van der Waals surface area (Å²) in [5.41, 5.74) is 5.58. The van der Waals surface area contributed by atoms with E-state index < -0.39 is 8.07 Å². The minimum atomic E-state index is -0.934. The van der Waals surface area contributed by atoms with Gasteiger partial charge in [-0.2, -0.15) is 0 Å². The maximum absolute atomic E-state index is 5.60. The molecule has 0 aromatic rings. The van der Waals surface area contributed by atoms with Crippen LogP contribution in [0.1, 0.15) is 26.2 Å². The molecule has 3 heteroatoms. The summed E-state index contributed by atoms with van der Waals surface area (Å²) >= 11 is 0. The van der Waals surface area contributed by atoms with Crippen LogP contribution in [0.3, 0.4) is 0 Å². The third-order valence-electron chi connectivity index (χ3n) is 2.81. The fraction of sp³-hybridized carbons (Fsp3) is 1.00. The van der Waals surface area contributed by atoms with Gasteiger partial charge in [-0.25, -0.2) is 0 Å². The zero-order valence-corrected chi connectivity index (χ0v) is 11.5. The van der Waals surface area contributed by atoms with Crippen molar-refractivity contribution in [3.63, 3.8) is 0 Å². The van der Waals surface area contributed by atoms with Crippen LogP contribution in [0.2, 0.25) is 25.7 Å². The first kappa shape index (κ1) is 14.1. The van der Waals surface area contributed by atoms with E-state index >= 15 is 0 Å². The minimum Gasteiger partial charge on any atom is -0.379 e. The van der Waals surface area contributed by atoms with Crippen molar-refractivity contribution >= 4 is 8.07 Å². The third kappa shape index (κ3) is 6.57. The summed E-state index contributed by atoms with van der Waals surface area (Å²) in [6, 6.07) is 1.34. The van der Waals surface area contributed by atoms with Gasteiger partial charge in [0.2, 0.25) is 0 Å². The SMILES string of the molecule is COC(C)(CCCN)CC[Si](C)(C)C. The van der Waals surface area contributed by atoms with Crippen molar-refractivity contribution in [2.24, 2.45) is 5.73 Å². The summed E-state index contributed by atoms with van der Waals surface area (Å²) < 4.78 is 5.60. The molecule has 0 amide bonds. The molecule has 0 bridgehead atoms. The van der Waals surface area contributed by atoms with Crippen molar-refractivity contribution < 1.29 is 4.74 Å². The molecule has 0 radical (unpaired) electrons. The number of methoxy groups -OCH3 is 1. The summed E-state index contributed by atoms with van der Waals surface area (Å²) in [6.45, 7) is 10.2. The molecule has 14 heavy (non-hydrogen) atoms. The molecule has 0 spiro atoms. The summed E-state index contributed by atoms with van der Waals surface area (Å²) in [4.78, 5) is 0. The molecule has 1 unspecified atom stereocenters. The Morgan fingerprint density at radius 1 is 1.21 bits per heavy atom. The average Bonchev–Trinajstić information content (AvgIpc) is 2.10. The molecule has 0 aromatic carbocycles. The fourth-order valence-corrected chi connectivity index (χ4v) is 2.72. The van der Waals surface area contributed by atoms with Crippen LogP contribution >= 0.6 is 0 Å². The molecular weight excluding hydrogens is 190 g/mol. The predicted molar refractivity (Wildman–Crippen MR) is 66.5 cm³/mol. The largest absolute Gasteiger partial charge is 0.379 e. The number of nitrogens with two attached hydrogens (primary N) is 1. The lowest BCUT2D eigenvalue weighted by Gasteiger charge is -2.30. The number of hydrogen-bond donors (Lipinski definition) is 1. The molecule has 86 valence electrons. The second kappa shape index (κ2) is 5.88. The van der Waals surface area contributed by atoms with Gasteiger partial charge in [0.25, 0.3) is 0 Å².